The second kappa shape index (κ2) is 7.41. The fourth-order valence-electron chi connectivity index (χ4n) is 3.92. The van der Waals surface area contributed by atoms with E-state index in [0.717, 1.165) is 41.9 Å². The van der Waals surface area contributed by atoms with Crippen molar-refractivity contribution in [2.75, 3.05) is 13.1 Å². The van der Waals surface area contributed by atoms with Crippen molar-refractivity contribution in [3.05, 3.63) is 65.2 Å². The molecule has 4 rings (SSSR count). The lowest BCUT2D eigenvalue weighted by Gasteiger charge is -2.45. The summed E-state index contributed by atoms with van der Waals surface area (Å²) in [6, 6.07) is 13.3. The van der Waals surface area contributed by atoms with Crippen LogP contribution in [-0.2, 0) is 22.9 Å². The number of halogens is 4. The quantitative estimate of drug-likeness (QED) is 0.495. The van der Waals surface area contributed by atoms with E-state index in [2.05, 4.69) is 9.89 Å². The Morgan fingerprint density at radius 1 is 1.14 bits per heavy atom. The fraction of sp³-hybridized carbons (Fsp3) is 0.381. The molecule has 0 amide bonds. The molecular weight excluding hydrogens is 389 g/mol. The monoisotopic (exact) mass is 408 g/mol. The fourth-order valence-corrected chi connectivity index (χ4v) is 4.37. The Hall–Kier alpha value is -2.05. The first-order chi connectivity index (χ1) is 13.4. The predicted octanol–water partition coefficient (Wildman–Crippen LogP) is 5.49. The molecule has 0 saturated carbocycles. The predicted molar refractivity (Wildman–Crippen MR) is 103 cm³/mol. The van der Waals surface area contributed by atoms with Crippen LogP contribution in [0.5, 0.6) is 0 Å². The maximum absolute atomic E-state index is 12.7. The van der Waals surface area contributed by atoms with Crippen LogP contribution in [0.4, 0.5) is 18.9 Å². The van der Waals surface area contributed by atoms with Crippen LogP contribution in [0.2, 0.25) is 0 Å². The van der Waals surface area contributed by atoms with Crippen molar-refractivity contribution in [3.63, 3.8) is 0 Å². The van der Waals surface area contributed by atoms with Gasteiger partial charge in [-0.1, -0.05) is 30.3 Å². The van der Waals surface area contributed by atoms with E-state index in [9.17, 15) is 13.2 Å². The lowest BCUT2D eigenvalue weighted by molar-refractivity contribution is -0.137. The van der Waals surface area contributed by atoms with Crippen molar-refractivity contribution >= 4 is 23.7 Å². The van der Waals surface area contributed by atoms with Crippen molar-refractivity contribution in [2.45, 2.75) is 36.5 Å². The minimum absolute atomic E-state index is 0.220. The first-order valence-corrected chi connectivity index (χ1v) is 9.65. The first kappa shape index (κ1) is 19.3. The van der Waals surface area contributed by atoms with Gasteiger partial charge in [0.25, 0.3) is 0 Å². The number of benzene rings is 2. The summed E-state index contributed by atoms with van der Waals surface area (Å²) >= 11 is 6.68. The van der Waals surface area contributed by atoms with Crippen LogP contribution in [0, 0.1) is 0 Å². The summed E-state index contributed by atoms with van der Waals surface area (Å²) in [4.78, 5) is 6.46. The van der Waals surface area contributed by atoms with E-state index in [-0.39, 0.29) is 5.50 Å². The lowest BCUT2D eigenvalue weighted by Crippen LogP contribution is -2.49. The summed E-state index contributed by atoms with van der Waals surface area (Å²) in [7, 11) is 0. The molecule has 28 heavy (non-hydrogen) atoms. The second-order valence-electron chi connectivity index (χ2n) is 7.23. The molecule has 1 spiro atoms. The Bertz CT molecular complexity index is 869. The van der Waals surface area contributed by atoms with Gasteiger partial charge in [0.1, 0.15) is 5.60 Å². The number of hydrogen-bond donors (Lipinski definition) is 0. The van der Waals surface area contributed by atoms with Gasteiger partial charge in [-0.15, -0.1) is 11.6 Å². The standard InChI is InChI=1S/C21H20ClF3N2O/c22-19-13-20(17-3-1-2-4-18(17)26-14-28-20)10-12-27(19)11-9-15-5-7-16(8-6-15)21(23,24)25/h1-8,14,19H,9-13H2. The zero-order chi connectivity index (χ0) is 19.8. The molecule has 7 heteroatoms. The number of likely N-dealkylation sites (tertiary alicyclic amines) is 1. The number of aliphatic imine (C=N–C) groups is 1. The topological polar surface area (TPSA) is 24.8 Å². The number of piperidine rings is 1. The van der Waals surface area contributed by atoms with Crippen molar-refractivity contribution < 1.29 is 17.9 Å². The summed E-state index contributed by atoms with van der Waals surface area (Å²) in [5.41, 5.74) is 1.53. The summed E-state index contributed by atoms with van der Waals surface area (Å²) in [5.74, 6) is 0. The SMILES string of the molecule is FC(F)(F)c1ccc(CCN2CCC3(CC2Cl)OC=Nc2ccccc23)cc1. The highest BCUT2D eigenvalue weighted by atomic mass is 35.5. The minimum Gasteiger partial charge on any atom is -0.472 e. The van der Waals surface area contributed by atoms with Gasteiger partial charge in [0.05, 0.1) is 16.8 Å². The minimum atomic E-state index is -4.31. The summed E-state index contributed by atoms with van der Waals surface area (Å²) in [6.45, 7) is 1.43. The average Bonchev–Trinajstić information content (AvgIpc) is 2.67. The van der Waals surface area contributed by atoms with Gasteiger partial charge in [-0.05, 0) is 30.2 Å². The van der Waals surface area contributed by atoms with Crippen LogP contribution < -0.4 is 0 Å². The van der Waals surface area contributed by atoms with Gasteiger partial charge in [0.15, 0.2) is 6.40 Å². The summed E-state index contributed by atoms with van der Waals surface area (Å²) in [5, 5.41) is 0. The molecule has 2 aliphatic rings. The van der Waals surface area contributed by atoms with E-state index < -0.39 is 17.3 Å². The Labute approximate surface area is 166 Å². The number of hydrogen-bond acceptors (Lipinski definition) is 3. The third kappa shape index (κ3) is 3.76. The Morgan fingerprint density at radius 2 is 1.89 bits per heavy atom. The largest absolute Gasteiger partial charge is 0.472 e. The van der Waals surface area contributed by atoms with Gasteiger partial charge >= 0.3 is 6.18 Å². The molecule has 148 valence electrons. The number of nitrogens with zero attached hydrogens (tertiary/aromatic N) is 2. The smallest absolute Gasteiger partial charge is 0.416 e. The van der Waals surface area contributed by atoms with Crippen molar-refractivity contribution in [2.24, 2.45) is 4.99 Å². The molecule has 2 heterocycles. The van der Waals surface area contributed by atoms with Gasteiger partial charge < -0.3 is 4.74 Å². The highest BCUT2D eigenvalue weighted by Gasteiger charge is 2.44. The van der Waals surface area contributed by atoms with Crippen molar-refractivity contribution in [1.29, 1.82) is 0 Å². The number of fused-ring (bicyclic) bond motifs is 2. The normalized spacial score (nSPS) is 24.8. The molecular formula is C21H20ClF3N2O. The van der Waals surface area contributed by atoms with Gasteiger partial charge in [-0.3, -0.25) is 4.90 Å². The maximum atomic E-state index is 12.7. The molecule has 3 nitrogen and oxygen atoms in total. The molecule has 2 atom stereocenters. The van der Waals surface area contributed by atoms with Crippen molar-refractivity contribution in [3.8, 4) is 0 Å². The van der Waals surface area contributed by atoms with Crippen LogP contribution in [0.1, 0.15) is 29.5 Å². The van der Waals surface area contributed by atoms with E-state index >= 15 is 0 Å². The Morgan fingerprint density at radius 3 is 2.61 bits per heavy atom. The van der Waals surface area contributed by atoms with E-state index in [4.69, 9.17) is 16.3 Å². The first-order valence-electron chi connectivity index (χ1n) is 9.22. The van der Waals surface area contributed by atoms with Crippen molar-refractivity contribution in [1.82, 2.24) is 4.90 Å². The van der Waals surface area contributed by atoms with Crippen LogP contribution in [0.3, 0.4) is 0 Å². The van der Waals surface area contributed by atoms with Crippen LogP contribution >= 0.6 is 11.6 Å². The molecule has 2 aromatic carbocycles. The third-order valence-electron chi connectivity index (χ3n) is 5.53. The molecule has 0 aromatic heterocycles. The zero-order valence-electron chi connectivity index (χ0n) is 15.1. The summed E-state index contributed by atoms with van der Waals surface area (Å²) in [6.07, 6.45) is -0.742. The number of rotatable bonds is 3. The second-order valence-corrected chi connectivity index (χ2v) is 7.74. The molecule has 1 saturated heterocycles. The summed E-state index contributed by atoms with van der Waals surface area (Å²) < 4.78 is 44.0. The number of alkyl halides is 4. The lowest BCUT2D eigenvalue weighted by atomic mass is 9.82. The van der Waals surface area contributed by atoms with E-state index in [1.165, 1.54) is 18.5 Å². The van der Waals surface area contributed by atoms with E-state index in [1.54, 1.807) is 0 Å². The number of para-hydroxylation sites is 1. The molecule has 2 aromatic rings. The molecule has 0 aliphatic carbocycles. The van der Waals surface area contributed by atoms with E-state index in [1.807, 2.05) is 24.3 Å². The van der Waals surface area contributed by atoms with Crippen LogP contribution in [0.25, 0.3) is 0 Å². The molecule has 2 aliphatic heterocycles. The number of ether oxygens (including phenoxy) is 1. The van der Waals surface area contributed by atoms with Gasteiger partial charge in [0.2, 0.25) is 0 Å². The molecule has 1 fully saturated rings. The Kier molecular flexibility index (Phi) is 5.10. The highest BCUT2D eigenvalue weighted by Crippen LogP contribution is 2.45. The average molecular weight is 409 g/mol. The highest BCUT2D eigenvalue weighted by molar-refractivity contribution is 6.20. The zero-order valence-corrected chi connectivity index (χ0v) is 15.9. The Balaban J connectivity index is 1.40. The van der Waals surface area contributed by atoms with Crippen LogP contribution in [-0.4, -0.2) is 29.9 Å². The van der Waals surface area contributed by atoms with Crippen LogP contribution in [0.15, 0.2) is 53.5 Å². The molecule has 2 unspecified atom stereocenters. The van der Waals surface area contributed by atoms with Gasteiger partial charge in [0, 0.05) is 31.5 Å². The maximum Gasteiger partial charge on any atom is 0.416 e. The van der Waals surface area contributed by atoms with Gasteiger partial charge in [-0.25, -0.2) is 4.99 Å². The van der Waals surface area contributed by atoms with E-state index in [0.29, 0.717) is 19.4 Å². The molecule has 0 N–H and O–H groups in total. The van der Waals surface area contributed by atoms with Gasteiger partial charge in [-0.2, -0.15) is 13.2 Å². The third-order valence-corrected chi connectivity index (χ3v) is 5.96. The molecule has 0 bridgehead atoms. The molecule has 0 radical (unpaired) electrons.